The van der Waals surface area contributed by atoms with Crippen LogP contribution in [0.1, 0.15) is 27.8 Å². The molecule has 2 N–H and O–H groups in total. The minimum Gasteiger partial charge on any atom is -0.377 e. The minimum absolute atomic E-state index is 0.203. The smallest absolute Gasteiger partial charge is 0.271 e. The van der Waals surface area contributed by atoms with E-state index in [2.05, 4.69) is 20.2 Å². The number of rotatable bonds is 3. The lowest BCUT2D eigenvalue weighted by Gasteiger charge is -2.35. The summed E-state index contributed by atoms with van der Waals surface area (Å²) in [7, 11) is 0. The zero-order valence-electron chi connectivity index (χ0n) is 16.4. The lowest BCUT2D eigenvalue weighted by molar-refractivity contribution is -0.00389. The summed E-state index contributed by atoms with van der Waals surface area (Å²) in [6.07, 6.45) is 1.73. The van der Waals surface area contributed by atoms with Crippen LogP contribution in [0.3, 0.4) is 0 Å². The largest absolute Gasteiger partial charge is 0.377 e. The highest BCUT2D eigenvalue weighted by molar-refractivity contribution is 5.98. The van der Waals surface area contributed by atoms with Crippen molar-refractivity contribution >= 4 is 16.9 Å². The highest BCUT2D eigenvalue weighted by atomic mass is 19.1. The number of halogens is 1. The van der Waals surface area contributed by atoms with E-state index in [0.717, 1.165) is 22.3 Å². The number of pyridine rings is 1. The van der Waals surface area contributed by atoms with Gasteiger partial charge in [-0.2, -0.15) is 5.10 Å². The molecule has 30 heavy (non-hydrogen) atoms. The highest BCUT2D eigenvalue weighted by Crippen LogP contribution is 2.29. The molecule has 0 bridgehead atoms. The van der Waals surface area contributed by atoms with Gasteiger partial charge in [-0.25, -0.2) is 9.37 Å². The quantitative estimate of drug-likeness (QED) is 0.545. The molecular weight excluding hydrogens is 385 g/mol. The molecule has 1 aliphatic rings. The maximum atomic E-state index is 14.4. The Labute approximate surface area is 171 Å². The van der Waals surface area contributed by atoms with Crippen LogP contribution in [0.2, 0.25) is 0 Å². The van der Waals surface area contributed by atoms with E-state index in [0.29, 0.717) is 30.1 Å². The fourth-order valence-corrected chi connectivity index (χ4v) is 3.88. The Bertz CT molecular complexity index is 1230. The van der Waals surface area contributed by atoms with Gasteiger partial charge in [0, 0.05) is 28.8 Å². The number of carbonyl (C=O) groups excluding carboxylic acids is 1. The van der Waals surface area contributed by atoms with E-state index < -0.39 is 6.04 Å². The standard InChI is InChI=1S/C22H20FN5O2/c1-13-16(11-24-27-13)18-7-6-14-10-19(26-21(14)25-18)22(29)28-8-9-30-12-20(28)15-4-2-3-5-17(15)23/h2-7,10-11,20H,8-9,12H2,1H3,(H,24,27)(H,25,26). The van der Waals surface area contributed by atoms with Gasteiger partial charge >= 0.3 is 0 Å². The maximum Gasteiger partial charge on any atom is 0.271 e. The molecular formula is C22H20FN5O2. The number of hydrogen-bond acceptors (Lipinski definition) is 4. The fourth-order valence-electron chi connectivity index (χ4n) is 3.88. The summed E-state index contributed by atoms with van der Waals surface area (Å²) < 4.78 is 19.9. The molecule has 1 saturated heterocycles. The first-order chi connectivity index (χ1) is 14.6. The molecule has 4 heterocycles. The average molecular weight is 405 g/mol. The molecule has 1 aromatic carbocycles. The van der Waals surface area contributed by atoms with E-state index in [1.807, 2.05) is 19.1 Å². The summed E-state index contributed by atoms with van der Waals surface area (Å²) in [6, 6.07) is 11.6. The van der Waals surface area contributed by atoms with E-state index in [1.165, 1.54) is 6.07 Å². The van der Waals surface area contributed by atoms with Crippen molar-refractivity contribution < 1.29 is 13.9 Å². The number of benzene rings is 1. The zero-order valence-corrected chi connectivity index (χ0v) is 16.4. The molecule has 4 aromatic rings. The van der Waals surface area contributed by atoms with Gasteiger partial charge in [-0.05, 0) is 31.2 Å². The maximum absolute atomic E-state index is 14.4. The zero-order chi connectivity index (χ0) is 20.7. The molecule has 1 atom stereocenters. The molecule has 0 saturated carbocycles. The van der Waals surface area contributed by atoms with E-state index in [4.69, 9.17) is 4.74 Å². The van der Waals surface area contributed by atoms with Gasteiger partial charge in [0.15, 0.2) is 0 Å². The number of aromatic nitrogens is 4. The van der Waals surface area contributed by atoms with Crippen molar-refractivity contribution in [2.45, 2.75) is 13.0 Å². The molecule has 0 radical (unpaired) electrons. The predicted octanol–water partition coefficient (Wildman–Crippen LogP) is 3.61. The van der Waals surface area contributed by atoms with E-state index in [9.17, 15) is 9.18 Å². The van der Waals surface area contributed by atoms with Gasteiger partial charge in [-0.15, -0.1) is 0 Å². The Morgan fingerprint density at radius 1 is 1.27 bits per heavy atom. The number of amides is 1. The molecule has 8 heteroatoms. The number of carbonyl (C=O) groups is 1. The molecule has 7 nitrogen and oxygen atoms in total. The number of hydrogen-bond donors (Lipinski definition) is 2. The third-order valence-electron chi connectivity index (χ3n) is 5.47. The van der Waals surface area contributed by atoms with Gasteiger partial charge < -0.3 is 14.6 Å². The Balaban J connectivity index is 1.49. The van der Waals surface area contributed by atoms with E-state index >= 15 is 0 Å². The second kappa shape index (κ2) is 7.38. The number of ether oxygens (including phenoxy) is 1. The number of aryl methyl sites for hydroxylation is 1. The van der Waals surface area contributed by atoms with Gasteiger partial charge in [0.25, 0.3) is 5.91 Å². The molecule has 152 valence electrons. The van der Waals surface area contributed by atoms with Crippen LogP contribution in [-0.4, -0.2) is 50.7 Å². The van der Waals surface area contributed by atoms with Crippen molar-refractivity contribution in [3.05, 3.63) is 71.4 Å². The molecule has 1 aliphatic heterocycles. The third-order valence-corrected chi connectivity index (χ3v) is 5.47. The summed E-state index contributed by atoms with van der Waals surface area (Å²) in [4.78, 5) is 22.7. The number of fused-ring (bicyclic) bond motifs is 1. The van der Waals surface area contributed by atoms with Crippen molar-refractivity contribution in [3.8, 4) is 11.3 Å². The summed E-state index contributed by atoms with van der Waals surface area (Å²) in [6.45, 7) is 2.99. The lowest BCUT2D eigenvalue weighted by Crippen LogP contribution is -2.43. The van der Waals surface area contributed by atoms with Gasteiger partial charge in [-0.3, -0.25) is 9.89 Å². The Morgan fingerprint density at radius 3 is 2.93 bits per heavy atom. The normalized spacial score (nSPS) is 16.9. The average Bonchev–Trinajstić information content (AvgIpc) is 3.39. The minimum atomic E-state index is -0.476. The van der Waals surface area contributed by atoms with Crippen molar-refractivity contribution in [2.24, 2.45) is 0 Å². The molecule has 0 spiro atoms. The lowest BCUT2D eigenvalue weighted by atomic mass is 10.0. The number of nitrogens with one attached hydrogen (secondary N) is 2. The topological polar surface area (TPSA) is 86.9 Å². The molecule has 1 amide bonds. The van der Waals surface area contributed by atoms with Crippen LogP contribution >= 0.6 is 0 Å². The van der Waals surface area contributed by atoms with E-state index in [-0.39, 0.29) is 18.3 Å². The SMILES string of the molecule is Cc1[nH]ncc1-c1ccc2cc(C(=O)N3CCOCC3c3ccccc3F)[nH]c2n1. The van der Waals surface area contributed by atoms with E-state index in [1.54, 1.807) is 35.4 Å². The van der Waals surface area contributed by atoms with Crippen LogP contribution in [0, 0.1) is 12.7 Å². The van der Waals surface area contributed by atoms with Crippen LogP contribution in [-0.2, 0) is 4.74 Å². The monoisotopic (exact) mass is 405 g/mol. The van der Waals surface area contributed by atoms with Gasteiger partial charge in [0.05, 0.1) is 31.1 Å². The third kappa shape index (κ3) is 3.15. The first-order valence-corrected chi connectivity index (χ1v) is 9.75. The first-order valence-electron chi connectivity index (χ1n) is 9.75. The van der Waals surface area contributed by atoms with Crippen molar-refractivity contribution in [1.29, 1.82) is 0 Å². The summed E-state index contributed by atoms with van der Waals surface area (Å²) in [5.41, 5.74) is 4.09. The Morgan fingerprint density at radius 2 is 2.13 bits per heavy atom. The van der Waals surface area contributed by atoms with Crippen molar-refractivity contribution in [2.75, 3.05) is 19.8 Å². The molecule has 1 fully saturated rings. The Kier molecular flexibility index (Phi) is 4.55. The molecule has 3 aromatic heterocycles. The van der Waals surface area contributed by atoms with Gasteiger partial charge in [0.1, 0.15) is 17.2 Å². The van der Waals surface area contributed by atoms with Crippen molar-refractivity contribution in [1.82, 2.24) is 25.1 Å². The second-order valence-corrected chi connectivity index (χ2v) is 7.34. The van der Waals surface area contributed by atoms with Crippen LogP contribution in [0.4, 0.5) is 4.39 Å². The number of H-pyrrole nitrogens is 2. The first kappa shape index (κ1) is 18.5. The second-order valence-electron chi connectivity index (χ2n) is 7.34. The van der Waals surface area contributed by atoms with Gasteiger partial charge in [0.2, 0.25) is 0 Å². The van der Waals surface area contributed by atoms with Crippen LogP contribution < -0.4 is 0 Å². The number of morpholine rings is 1. The van der Waals surface area contributed by atoms with Crippen LogP contribution in [0.15, 0.2) is 48.7 Å². The highest BCUT2D eigenvalue weighted by Gasteiger charge is 2.31. The number of aromatic amines is 2. The predicted molar refractivity (Wildman–Crippen MR) is 109 cm³/mol. The summed E-state index contributed by atoms with van der Waals surface area (Å²) in [5.74, 6) is -0.546. The fraction of sp³-hybridized carbons (Fsp3) is 0.227. The summed E-state index contributed by atoms with van der Waals surface area (Å²) >= 11 is 0. The molecule has 1 unspecified atom stereocenters. The van der Waals surface area contributed by atoms with Crippen molar-refractivity contribution in [3.63, 3.8) is 0 Å². The van der Waals surface area contributed by atoms with Crippen LogP contribution in [0.25, 0.3) is 22.3 Å². The number of nitrogens with zero attached hydrogens (tertiary/aromatic N) is 3. The van der Waals surface area contributed by atoms with Crippen LogP contribution in [0.5, 0.6) is 0 Å². The Hall–Kier alpha value is -3.52. The van der Waals surface area contributed by atoms with Gasteiger partial charge in [-0.1, -0.05) is 18.2 Å². The molecule has 5 rings (SSSR count). The summed E-state index contributed by atoms with van der Waals surface area (Å²) in [5, 5.41) is 7.77. The molecule has 0 aliphatic carbocycles.